The number of hydrogen-bond acceptors (Lipinski definition) is 4. The molecule has 0 aromatic rings. The molecule has 0 aromatic carbocycles. The maximum absolute atomic E-state index is 11.9. The van der Waals surface area contributed by atoms with Crippen molar-refractivity contribution in [3.05, 3.63) is 11.6 Å². The third kappa shape index (κ3) is 6.32. The molecule has 0 spiro atoms. The molecule has 0 heterocycles. The van der Waals surface area contributed by atoms with Crippen LogP contribution in [0.1, 0.15) is 53.9 Å². The second-order valence-corrected chi connectivity index (χ2v) is 6.68. The zero-order valence-corrected chi connectivity index (χ0v) is 13.8. The zero-order valence-electron chi connectivity index (χ0n) is 13.8. The number of esters is 2. The van der Waals surface area contributed by atoms with E-state index in [1.54, 1.807) is 13.8 Å². The van der Waals surface area contributed by atoms with Gasteiger partial charge in [-0.2, -0.15) is 0 Å². The summed E-state index contributed by atoms with van der Waals surface area (Å²) >= 11 is 0. The number of hydrogen-bond donors (Lipinski definition) is 0. The van der Waals surface area contributed by atoms with Gasteiger partial charge in [0.1, 0.15) is 6.10 Å². The van der Waals surface area contributed by atoms with Crippen LogP contribution in [0.15, 0.2) is 11.6 Å². The van der Waals surface area contributed by atoms with E-state index in [2.05, 4.69) is 20.8 Å². The first kappa shape index (κ1) is 17.7. The predicted octanol–water partition coefficient (Wildman–Crippen LogP) is 3.50. The SMILES string of the molecule is CC(C)=CC(=O)OCC(=O)O[C@@H]1C[C@@H](C)CC[C@H]1C(C)C. The van der Waals surface area contributed by atoms with E-state index in [1.807, 2.05) is 0 Å². The Morgan fingerprint density at radius 1 is 1.24 bits per heavy atom. The Bertz CT molecular complexity index is 394. The van der Waals surface area contributed by atoms with Gasteiger partial charge < -0.3 is 9.47 Å². The summed E-state index contributed by atoms with van der Waals surface area (Å²) in [7, 11) is 0. The average Bonchev–Trinajstić information content (AvgIpc) is 2.35. The molecule has 4 heteroatoms. The molecular weight excluding hydrogens is 268 g/mol. The van der Waals surface area contributed by atoms with Crippen LogP contribution in [0.25, 0.3) is 0 Å². The molecule has 0 bridgehead atoms. The lowest BCUT2D eigenvalue weighted by atomic mass is 9.75. The van der Waals surface area contributed by atoms with E-state index in [1.165, 1.54) is 12.5 Å². The molecule has 0 amide bonds. The molecule has 1 rings (SSSR count). The highest BCUT2D eigenvalue weighted by Gasteiger charge is 2.33. The summed E-state index contributed by atoms with van der Waals surface area (Å²) in [5, 5.41) is 0. The molecule has 0 radical (unpaired) electrons. The Balaban J connectivity index is 2.47. The average molecular weight is 296 g/mol. The van der Waals surface area contributed by atoms with Crippen molar-refractivity contribution >= 4 is 11.9 Å². The van der Waals surface area contributed by atoms with Crippen molar-refractivity contribution in [2.75, 3.05) is 6.61 Å². The number of rotatable bonds is 5. The van der Waals surface area contributed by atoms with E-state index in [0.717, 1.165) is 18.4 Å². The molecule has 0 unspecified atom stereocenters. The molecule has 3 atom stereocenters. The molecular formula is C17H28O4. The highest BCUT2D eigenvalue weighted by atomic mass is 16.6. The van der Waals surface area contributed by atoms with Gasteiger partial charge in [0.25, 0.3) is 0 Å². The molecule has 0 N–H and O–H groups in total. The van der Waals surface area contributed by atoms with Crippen molar-refractivity contribution in [1.29, 1.82) is 0 Å². The lowest BCUT2D eigenvalue weighted by Crippen LogP contribution is -2.36. The van der Waals surface area contributed by atoms with Crippen LogP contribution in [0.5, 0.6) is 0 Å². The van der Waals surface area contributed by atoms with Crippen LogP contribution in [0.2, 0.25) is 0 Å². The molecule has 0 aliphatic heterocycles. The summed E-state index contributed by atoms with van der Waals surface area (Å²) in [6, 6.07) is 0. The van der Waals surface area contributed by atoms with E-state index in [0.29, 0.717) is 17.8 Å². The van der Waals surface area contributed by atoms with Crippen molar-refractivity contribution in [3.63, 3.8) is 0 Å². The number of carbonyl (C=O) groups is 2. The topological polar surface area (TPSA) is 52.6 Å². The first-order chi connectivity index (χ1) is 9.79. The van der Waals surface area contributed by atoms with Crippen molar-refractivity contribution in [2.24, 2.45) is 17.8 Å². The maximum atomic E-state index is 11.9. The molecule has 0 aromatic heterocycles. The van der Waals surface area contributed by atoms with E-state index >= 15 is 0 Å². The van der Waals surface area contributed by atoms with Gasteiger partial charge in [0.2, 0.25) is 0 Å². The largest absolute Gasteiger partial charge is 0.460 e. The van der Waals surface area contributed by atoms with Crippen molar-refractivity contribution in [1.82, 2.24) is 0 Å². The quantitative estimate of drug-likeness (QED) is 0.575. The second kappa shape index (κ2) is 8.20. The van der Waals surface area contributed by atoms with Gasteiger partial charge in [-0.25, -0.2) is 9.59 Å². The van der Waals surface area contributed by atoms with Gasteiger partial charge in [-0.3, -0.25) is 0 Å². The van der Waals surface area contributed by atoms with Crippen molar-refractivity contribution < 1.29 is 19.1 Å². The molecule has 120 valence electrons. The maximum Gasteiger partial charge on any atom is 0.344 e. The smallest absolute Gasteiger partial charge is 0.344 e. The summed E-state index contributed by atoms with van der Waals surface area (Å²) in [6.45, 7) is 9.81. The monoisotopic (exact) mass is 296 g/mol. The first-order valence-electron chi connectivity index (χ1n) is 7.80. The standard InChI is InChI=1S/C17H28O4/c1-11(2)8-16(18)20-10-17(19)21-15-9-13(5)6-7-14(15)12(3)4/h8,12-15H,6-7,9-10H2,1-5H3/t13-,14-,15+/m0/s1. The third-order valence-electron chi connectivity index (χ3n) is 3.98. The fraction of sp³-hybridized carbons (Fsp3) is 0.765. The van der Waals surface area contributed by atoms with E-state index in [9.17, 15) is 9.59 Å². The fourth-order valence-electron chi connectivity index (χ4n) is 2.86. The zero-order chi connectivity index (χ0) is 16.0. The number of carbonyl (C=O) groups excluding carboxylic acids is 2. The minimum atomic E-state index is -0.496. The lowest BCUT2D eigenvalue weighted by molar-refractivity contribution is -0.165. The summed E-state index contributed by atoms with van der Waals surface area (Å²) < 4.78 is 10.4. The lowest BCUT2D eigenvalue weighted by Gasteiger charge is -2.36. The molecule has 0 saturated heterocycles. The van der Waals surface area contributed by atoms with Gasteiger partial charge in [0, 0.05) is 6.08 Å². The molecule has 1 fully saturated rings. The Hall–Kier alpha value is -1.32. The summed E-state index contributed by atoms with van der Waals surface area (Å²) in [4.78, 5) is 23.2. The van der Waals surface area contributed by atoms with Crippen LogP contribution in [0.4, 0.5) is 0 Å². The second-order valence-electron chi connectivity index (χ2n) is 6.68. The molecule has 1 aliphatic carbocycles. The Labute approximate surface area is 127 Å². The van der Waals surface area contributed by atoms with Crippen LogP contribution < -0.4 is 0 Å². The van der Waals surface area contributed by atoms with E-state index in [-0.39, 0.29) is 12.7 Å². The molecule has 4 nitrogen and oxygen atoms in total. The van der Waals surface area contributed by atoms with Gasteiger partial charge >= 0.3 is 11.9 Å². The predicted molar refractivity (Wildman–Crippen MR) is 81.6 cm³/mol. The highest BCUT2D eigenvalue weighted by Crippen LogP contribution is 2.35. The van der Waals surface area contributed by atoms with Crippen molar-refractivity contribution in [3.8, 4) is 0 Å². The van der Waals surface area contributed by atoms with Gasteiger partial charge in [-0.1, -0.05) is 32.8 Å². The van der Waals surface area contributed by atoms with Crippen LogP contribution in [-0.4, -0.2) is 24.6 Å². The summed E-state index contributed by atoms with van der Waals surface area (Å²) in [6.07, 6.45) is 4.49. The fourth-order valence-corrected chi connectivity index (χ4v) is 2.86. The van der Waals surface area contributed by atoms with Crippen LogP contribution in [0, 0.1) is 17.8 Å². The van der Waals surface area contributed by atoms with E-state index in [4.69, 9.17) is 9.47 Å². The third-order valence-corrected chi connectivity index (χ3v) is 3.98. The molecule has 1 saturated carbocycles. The van der Waals surface area contributed by atoms with Gasteiger partial charge in [0.15, 0.2) is 6.61 Å². The van der Waals surface area contributed by atoms with Gasteiger partial charge in [0.05, 0.1) is 0 Å². The van der Waals surface area contributed by atoms with Gasteiger partial charge in [-0.05, 0) is 44.4 Å². The Kier molecular flexibility index (Phi) is 6.93. The number of ether oxygens (including phenoxy) is 2. The minimum absolute atomic E-state index is 0.0524. The summed E-state index contributed by atoms with van der Waals surface area (Å²) in [5.41, 5.74) is 0.842. The minimum Gasteiger partial charge on any atom is -0.460 e. The van der Waals surface area contributed by atoms with Crippen LogP contribution >= 0.6 is 0 Å². The first-order valence-corrected chi connectivity index (χ1v) is 7.80. The summed E-state index contributed by atoms with van der Waals surface area (Å²) in [5.74, 6) is 0.521. The Morgan fingerprint density at radius 2 is 1.90 bits per heavy atom. The molecule has 21 heavy (non-hydrogen) atoms. The van der Waals surface area contributed by atoms with E-state index < -0.39 is 11.9 Å². The number of allylic oxidation sites excluding steroid dienone is 1. The van der Waals surface area contributed by atoms with Crippen LogP contribution in [-0.2, 0) is 19.1 Å². The highest BCUT2D eigenvalue weighted by molar-refractivity contribution is 5.84. The normalized spacial score (nSPS) is 25.3. The molecule has 1 aliphatic rings. The Morgan fingerprint density at radius 3 is 2.48 bits per heavy atom. The van der Waals surface area contributed by atoms with Crippen LogP contribution in [0.3, 0.4) is 0 Å². The van der Waals surface area contributed by atoms with Crippen molar-refractivity contribution in [2.45, 2.75) is 60.0 Å². The van der Waals surface area contributed by atoms with Gasteiger partial charge in [-0.15, -0.1) is 0 Å².